The number of nitrogens with zero attached hydrogens (tertiary/aromatic N) is 1. The number of aromatic nitrogens is 1. The fourth-order valence-corrected chi connectivity index (χ4v) is 4.35. The second-order valence-electron chi connectivity index (χ2n) is 5.41. The summed E-state index contributed by atoms with van der Waals surface area (Å²) in [6, 6.07) is 10.7. The van der Waals surface area contributed by atoms with Gasteiger partial charge in [-0.3, -0.25) is 4.79 Å². The third kappa shape index (κ3) is 1.47. The van der Waals surface area contributed by atoms with Crippen LogP contribution in [0, 0.1) is 0 Å². The van der Waals surface area contributed by atoms with E-state index in [2.05, 4.69) is 41.9 Å². The summed E-state index contributed by atoms with van der Waals surface area (Å²) in [4.78, 5) is 13.9. The number of fused-ring (bicyclic) bond motifs is 5. The van der Waals surface area contributed by atoms with Crippen molar-refractivity contribution in [1.29, 1.82) is 0 Å². The number of ketones is 1. The molecule has 0 saturated carbocycles. The number of aryl methyl sites for hydroxylation is 3. The SMILES string of the molecule is CC(=O)c1cc2c(s1)CCc1c-2n(C)c2ccccc12. The topological polar surface area (TPSA) is 22.0 Å². The molecule has 100 valence electrons. The van der Waals surface area contributed by atoms with Crippen LogP contribution in [0.15, 0.2) is 30.3 Å². The van der Waals surface area contributed by atoms with Crippen molar-refractivity contribution in [2.75, 3.05) is 0 Å². The Bertz CT molecular complexity index is 853. The van der Waals surface area contributed by atoms with E-state index in [0.29, 0.717) is 0 Å². The van der Waals surface area contributed by atoms with Crippen molar-refractivity contribution >= 4 is 28.0 Å². The first-order valence-corrected chi connectivity index (χ1v) is 7.69. The van der Waals surface area contributed by atoms with Crippen molar-refractivity contribution in [3.05, 3.63) is 45.6 Å². The molecule has 2 aromatic heterocycles. The van der Waals surface area contributed by atoms with Gasteiger partial charge in [0.05, 0.1) is 10.6 Å². The second kappa shape index (κ2) is 4.06. The lowest BCUT2D eigenvalue weighted by molar-refractivity contribution is 0.102. The van der Waals surface area contributed by atoms with Gasteiger partial charge in [-0.25, -0.2) is 0 Å². The van der Waals surface area contributed by atoms with Crippen LogP contribution in [-0.4, -0.2) is 10.4 Å². The Morgan fingerprint density at radius 3 is 2.85 bits per heavy atom. The van der Waals surface area contributed by atoms with Crippen molar-refractivity contribution < 1.29 is 4.79 Å². The maximum absolute atomic E-state index is 11.6. The number of benzene rings is 1. The Morgan fingerprint density at radius 1 is 1.25 bits per heavy atom. The summed E-state index contributed by atoms with van der Waals surface area (Å²) in [5.41, 5.74) is 5.28. The second-order valence-corrected chi connectivity index (χ2v) is 6.54. The molecule has 0 spiro atoms. The predicted octanol–water partition coefficient (Wildman–Crippen LogP) is 4.21. The quantitative estimate of drug-likeness (QED) is 0.612. The van der Waals surface area contributed by atoms with Gasteiger partial charge in [0.15, 0.2) is 5.78 Å². The van der Waals surface area contributed by atoms with E-state index >= 15 is 0 Å². The Kier molecular flexibility index (Phi) is 2.42. The van der Waals surface area contributed by atoms with Gasteiger partial charge in [-0.15, -0.1) is 11.3 Å². The fraction of sp³-hybridized carbons (Fsp3) is 0.235. The van der Waals surface area contributed by atoms with E-state index in [-0.39, 0.29) is 5.78 Å². The van der Waals surface area contributed by atoms with Crippen molar-refractivity contribution in [2.45, 2.75) is 19.8 Å². The van der Waals surface area contributed by atoms with Gasteiger partial charge in [0.25, 0.3) is 0 Å². The molecular weight excluding hydrogens is 266 g/mol. The first kappa shape index (κ1) is 11.9. The van der Waals surface area contributed by atoms with Crippen molar-refractivity contribution in [3.8, 4) is 11.3 Å². The molecule has 3 aromatic rings. The van der Waals surface area contributed by atoms with E-state index in [1.807, 2.05) is 0 Å². The number of carbonyl (C=O) groups is 1. The van der Waals surface area contributed by atoms with E-state index in [0.717, 1.165) is 17.7 Å². The van der Waals surface area contributed by atoms with E-state index < -0.39 is 0 Å². The van der Waals surface area contributed by atoms with Crippen molar-refractivity contribution in [2.24, 2.45) is 7.05 Å². The number of Topliss-reactive ketones (excluding diaryl/α,β-unsaturated/α-hetero) is 1. The summed E-state index contributed by atoms with van der Waals surface area (Å²) in [7, 11) is 2.13. The van der Waals surface area contributed by atoms with Crippen LogP contribution in [0.4, 0.5) is 0 Å². The molecule has 4 rings (SSSR count). The first-order chi connectivity index (χ1) is 9.66. The van der Waals surface area contributed by atoms with E-state index in [1.54, 1.807) is 18.3 Å². The van der Waals surface area contributed by atoms with Crippen LogP contribution in [0.1, 0.15) is 27.0 Å². The molecule has 1 aromatic carbocycles. The first-order valence-electron chi connectivity index (χ1n) is 6.87. The van der Waals surface area contributed by atoms with Gasteiger partial charge in [0.1, 0.15) is 0 Å². The minimum Gasteiger partial charge on any atom is -0.343 e. The molecular formula is C17H15NOS. The normalized spacial score (nSPS) is 13.3. The summed E-state index contributed by atoms with van der Waals surface area (Å²) >= 11 is 1.66. The van der Waals surface area contributed by atoms with Gasteiger partial charge >= 0.3 is 0 Å². The average molecular weight is 281 g/mol. The van der Waals surface area contributed by atoms with E-state index in [9.17, 15) is 4.79 Å². The van der Waals surface area contributed by atoms with Crippen LogP contribution in [-0.2, 0) is 19.9 Å². The summed E-state index contributed by atoms with van der Waals surface area (Å²) in [5, 5.41) is 1.35. The van der Waals surface area contributed by atoms with E-state index in [4.69, 9.17) is 0 Å². The van der Waals surface area contributed by atoms with Crippen LogP contribution in [0.2, 0.25) is 0 Å². The van der Waals surface area contributed by atoms with Crippen LogP contribution < -0.4 is 0 Å². The predicted molar refractivity (Wildman–Crippen MR) is 83.6 cm³/mol. The molecule has 3 heteroatoms. The molecule has 1 aliphatic rings. The molecule has 2 heterocycles. The minimum absolute atomic E-state index is 0.171. The van der Waals surface area contributed by atoms with Crippen LogP contribution in [0.25, 0.3) is 22.2 Å². The van der Waals surface area contributed by atoms with Crippen molar-refractivity contribution in [3.63, 3.8) is 0 Å². The molecule has 0 bridgehead atoms. The maximum atomic E-state index is 11.6. The molecule has 0 unspecified atom stereocenters. The summed E-state index contributed by atoms with van der Waals surface area (Å²) in [6.07, 6.45) is 2.12. The van der Waals surface area contributed by atoms with Crippen molar-refractivity contribution in [1.82, 2.24) is 4.57 Å². The summed E-state index contributed by atoms with van der Waals surface area (Å²) in [6.45, 7) is 1.65. The zero-order chi connectivity index (χ0) is 13.9. The van der Waals surface area contributed by atoms with Crippen LogP contribution >= 0.6 is 11.3 Å². The Hall–Kier alpha value is -1.87. The lowest BCUT2D eigenvalue weighted by Crippen LogP contribution is -2.02. The third-order valence-corrected chi connectivity index (χ3v) is 5.52. The lowest BCUT2D eigenvalue weighted by atomic mass is 9.94. The van der Waals surface area contributed by atoms with Crippen LogP contribution in [0.3, 0.4) is 0 Å². The zero-order valence-electron chi connectivity index (χ0n) is 11.6. The van der Waals surface area contributed by atoms with Gasteiger partial charge in [0, 0.05) is 28.4 Å². The third-order valence-electron chi connectivity index (χ3n) is 4.22. The highest BCUT2D eigenvalue weighted by Crippen LogP contribution is 2.42. The zero-order valence-corrected chi connectivity index (χ0v) is 12.4. The number of hydrogen-bond acceptors (Lipinski definition) is 2. The number of thiophene rings is 1. The smallest absolute Gasteiger partial charge is 0.169 e. The summed E-state index contributed by atoms with van der Waals surface area (Å²) < 4.78 is 2.28. The Labute approximate surface area is 121 Å². The van der Waals surface area contributed by atoms with Gasteiger partial charge < -0.3 is 4.57 Å². The Morgan fingerprint density at radius 2 is 2.05 bits per heavy atom. The minimum atomic E-state index is 0.171. The number of carbonyl (C=O) groups excluding carboxylic acids is 1. The molecule has 1 aliphatic carbocycles. The fourth-order valence-electron chi connectivity index (χ4n) is 3.29. The molecule has 2 nitrogen and oxygen atoms in total. The number of para-hydroxylation sites is 1. The highest BCUT2D eigenvalue weighted by molar-refractivity contribution is 7.14. The standard InChI is InChI=1S/C17H15NOS/c1-10(19)16-9-13-15(20-16)8-7-12-11-5-3-4-6-14(11)18(2)17(12)13/h3-6,9H,7-8H2,1-2H3. The molecule has 0 amide bonds. The van der Waals surface area contributed by atoms with E-state index in [1.165, 1.54) is 32.6 Å². The average Bonchev–Trinajstić information content (AvgIpc) is 3.00. The number of rotatable bonds is 1. The number of hydrogen-bond donors (Lipinski definition) is 0. The maximum Gasteiger partial charge on any atom is 0.169 e. The summed E-state index contributed by atoms with van der Waals surface area (Å²) in [5.74, 6) is 0.171. The molecule has 0 N–H and O–H groups in total. The largest absolute Gasteiger partial charge is 0.343 e. The highest BCUT2D eigenvalue weighted by Gasteiger charge is 2.25. The van der Waals surface area contributed by atoms with Gasteiger partial charge in [-0.2, -0.15) is 0 Å². The molecule has 0 aliphatic heterocycles. The van der Waals surface area contributed by atoms with Crippen LogP contribution in [0.5, 0.6) is 0 Å². The van der Waals surface area contributed by atoms with Gasteiger partial charge in [-0.1, -0.05) is 18.2 Å². The lowest BCUT2D eigenvalue weighted by Gasteiger charge is -2.14. The molecule has 0 atom stereocenters. The molecule has 20 heavy (non-hydrogen) atoms. The molecule has 0 radical (unpaired) electrons. The highest BCUT2D eigenvalue weighted by atomic mass is 32.1. The monoisotopic (exact) mass is 281 g/mol. The Balaban J connectivity index is 2.07. The van der Waals surface area contributed by atoms with Gasteiger partial charge in [0.2, 0.25) is 0 Å². The van der Waals surface area contributed by atoms with Gasteiger partial charge in [-0.05, 0) is 37.5 Å². The molecule has 0 fully saturated rings. The molecule has 0 saturated heterocycles.